The second kappa shape index (κ2) is 7.85. The maximum atomic E-state index is 5.86. The van der Waals surface area contributed by atoms with E-state index < -0.39 is 0 Å². The van der Waals surface area contributed by atoms with E-state index in [-0.39, 0.29) is 5.54 Å². The van der Waals surface area contributed by atoms with Crippen LogP contribution >= 0.6 is 0 Å². The molecule has 2 rings (SSSR count). The van der Waals surface area contributed by atoms with Gasteiger partial charge in [0.2, 0.25) is 0 Å². The van der Waals surface area contributed by atoms with E-state index in [1.165, 1.54) is 64.2 Å². The van der Waals surface area contributed by atoms with Gasteiger partial charge in [0.05, 0.1) is 0 Å². The average Bonchev–Trinajstić information content (AvgIpc) is 2.75. The Morgan fingerprint density at radius 3 is 2.35 bits per heavy atom. The van der Waals surface area contributed by atoms with Gasteiger partial charge in [-0.25, -0.2) is 4.99 Å². The fraction of sp³-hybridized carbons (Fsp3) is 0.833. The molecule has 0 saturated heterocycles. The summed E-state index contributed by atoms with van der Waals surface area (Å²) < 4.78 is 5.86. The molecular weight excluding hydrogens is 246 g/mol. The predicted molar refractivity (Wildman–Crippen MR) is 86.1 cm³/mol. The number of nitrogens with zero attached hydrogens (tertiary/aromatic N) is 1. The Morgan fingerprint density at radius 1 is 1.00 bits per heavy atom. The third kappa shape index (κ3) is 4.10. The Kier molecular flexibility index (Phi) is 6.12. The molecule has 1 aliphatic heterocycles. The lowest BCUT2D eigenvalue weighted by atomic mass is 9.81. The summed E-state index contributed by atoms with van der Waals surface area (Å²) in [7, 11) is 0. The summed E-state index contributed by atoms with van der Waals surface area (Å²) >= 11 is 0. The molecular formula is C18H31NO. The maximum absolute atomic E-state index is 5.86. The highest BCUT2D eigenvalue weighted by atomic mass is 16.5. The Balaban J connectivity index is 1.66. The number of ether oxygens (including phenoxy) is 1. The van der Waals surface area contributed by atoms with Gasteiger partial charge in [-0.05, 0) is 19.3 Å². The average molecular weight is 277 g/mol. The van der Waals surface area contributed by atoms with E-state index in [2.05, 4.69) is 13.5 Å². The molecule has 1 aliphatic carbocycles. The van der Waals surface area contributed by atoms with E-state index in [9.17, 15) is 0 Å². The molecule has 2 aliphatic rings. The normalized spacial score (nSPS) is 21.1. The number of rotatable bonds is 8. The lowest BCUT2D eigenvalue weighted by Crippen LogP contribution is -2.28. The summed E-state index contributed by atoms with van der Waals surface area (Å²) in [6.07, 6.45) is 16.6. The summed E-state index contributed by atoms with van der Waals surface area (Å²) in [6, 6.07) is 0. The first-order valence-corrected chi connectivity index (χ1v) is 8.73. The molecule has 1 saturated carbocycles. The molecule has 0 atom stereocenters. The van der Waals surface area contributed by atoms with Gasteiger partial charge in [0.15, 0.2) is 5.90 Å². The predicted octanol–water partition coefficient (Wildman–Crippen LogP) is 5.77. The molecule has 0 aromatic carbocycles. The SMILES string of the molecule is C=C1OC(CCCCCCCCC)=NC12CCCCC2. The van der Waals surface area contributed by atoms with Crippen LogP contribution in [0.25, 0.3) is 0 Å². The highest BCUT2D eigenvalue weighted by Gasteiger charge is 2.41. The fourth-order valence-corrected chi connectivity index (χ4v) is 3.43. The lowest BCUT2D eigenvalue weighted by Gasteiger charge is -2.29. The van der Waals surface area contributed by atoms with Gasteiger partial charge in [0.25, 0.3) is 0 Å². The maximum Gasteiger partial charge on any atom is 0.190 e. The first-order valence-electron chi connectivity index (χ1n) is 8.73. The van der Waals surface area contributed by atoms with Crippen molar-refractivity contribution in [3.05, 3.63) is 12.3 Å². The minimum Gasteiger partial charge on any atom is -0.446 e. The quantitative estimate of drug-likeness (QED) is 0.516. The first kappa shape index (κ1) is 15.6. The third-order valence-corrected chi connectivity index (χ3v) is 4.77. The van der Waals surface area contributed by atoms with Gasteiger partial charge < -0.3 is 4.74 Å². The van der Waals surface area contributed by atoms with Crippen molar-refractivity contribution in [2.75, 3.05) is 0 Å². The van der Waals surface area contributed by atoms with Crippen LogP contribution in [0.4, 0.5) is 0 Å². The van der Waals surface area contributed by atoms with Gasteiger partial charge in [-0.2, -0.15) is 0 Å². The molecule has 1 spiro atoms. The second-order valence-electron chi connectivity index (χ2n) is 6.49. The van der Waals surface area contributed by atoms with E-state index in [1.807, 2.05) is 0 Å². The molecule has 0 aromatic heterocycles. The second-order valence-corrected chi connectivity index (χ2v) is 6.49. The van der Waals surface area contributed by atoms with Crippen molar-refractivity contribution >= 4 is 5.90 Å². The smallest absolute Gasteiger partial charge is 0.190 e. The van der Waals surface area contributed by atoms with Crippen LogP contribution in [0.2, 0.25) is 0 Å². The molecule has 0 N–H and O–H groups in total. The van der Waals surface area contributed by atoms with E-state index in [0.717, 1.165) is 30.9 Å². The Bertz CT molecular complexity index is 339. The molecule has 2 heteroatoms. The molecule has 0 amide bonds. The molecule has 0 aromatic rings. The standard InChI is InChI=1S/C18H31NO/c1-3-4-5-6-7-8-10-13-17-19-18(16(2)20-17)14-11-9-12-15-18/h2-15H2,1H3. The third-order valence-electron chi connectivity index (χ3n) is 4.77. The van der Waals surface area contributed by atoms with Gasteiger partial charge in [-0.3, -0.25) is 0 Å². The van der Waals surface area contributed by atoms with Gasteiger partial charge >= 0.3 is 0 Å². The van der Waals surface area contributed by atoms with Crippen molar-refractivity contribution in [1.82, 2.24) is 0 Å². The Labute approximate surface area is 124 Å². The van der Waals surface area contributed by atoms with E-state index in [1.54, 1.807) is 0 Å². The lowest BCUT2D eigenvalue weighted by molar-refractivity contribution is 0.283. The molecule has 0 unspecified atom stereocenters. The number of aliphatic imine (C=N–C) groups is 1. The summed E-state index contributed by atoms with van der Waals surface area (Å²) in [5, 5.41) is 0. The summed E-state index contributed by atoms with van der Waals surface area (Å²) in [5.41, 5.74) is -0.0330. The van der Waals surface area contributed by atoms with Crippen LogP contribution in [-0.4, -0.2) is 11.4 Å². The van der Waals surface area contributed by atoms with Crippen LogP contribution in [0.5, 0.6) is 0 Å². The van der Waals surface area contributed by atoms with E-state index in [4.69, 9.17) is 9.73 Å². The highest BCUT2D eigenvalue weighted by molar-refractivity contribution is 5.80. The molecule has 0 radical (unpaired) electrons. The summed E-state index contributed by atoms with van der Waals surface area (Å²) in [6.45, 7) is 6.39. The van der Waals surface area contributed by atoms with Gasteiger partial charge in [-0.15, -0.1) is 0 Å². The fourth-order valence-electron chi connectivity index (χ4n) is 3.43. The van der Waals surface area contributed by atoms with Crippen molar-refractivity contribution in [1.29, 1.82) is 0 Å². The minimum atomic E-state index is -0.0330. The largest absolute Gasteiger partial charge is 0.446 e. The number of unbranched alkanes of at least 4 members (excludes halogenated alkanes) is 6. The number of hydrogen-bond acceptors (Lipinski definition) is 2. The minimum absolute atomic E-state index is 0.0330. The Hall–Kier alpha value is -0.790. The first-order chi connectivity index (χ1) is 9.77. The molecule has 1 fully saturated rings. The van der Waals surface area contributed by atoms with Crippen molar-refractivity contribution in [3.63, 3.8) is 0 Å². The highest BCUT2D eigenvalue weighted by Crippen LogP contribution is 2.41. The molecule has 0 bridgehead atoms. The summed E-state index contributed by atoms with van der Waals surface area (Å²) in [5.74, 6) is 1.89. The van der Waals surface area contributed by atoms with Gasteiger partial charge in [0, 0.05) is 6.42 Å². The van der Waals surface area contributed by atoms with E-state index in [0.29, 0.717) is 0 Å². The zero-order valence-corrected chi connectivity index (χ0v) is 13.3. The topological polar surface area (TPSA) is 21.6 Å². The molecule has 20 heavy (non-hydrogen) atoms. The van der Waals surface area contributed by atoms with Gasteiger partial charge in [-0.1, -0.05) is 71.3 Å². The number of hydrogen-bond donors (Lipinski definition) is 0. The molecule has 1 heterocycles. The zero-order chi connectivity index (χ0) is 14.3. The van der Waals surface area contributed by atoms with Crippen LogP contribution < -0.4 is 0 Å². The Morgan fingerprint density at radius 2 is 1.65 bits per heavy atom. The monoisotopic (exact) mass is 277 g/mol. The van der Waals surface area contributed by atoms with Crippen LogP contribution in [-0.2, 0) is 4.74 Å². The van der Waals surface area contributed by atoms with Crippen molar-refractivity contribution in [2.24, 2.45) is 4.99 Å². The molecule has 2 nitrogen and oxygen atoms in total. The van der Waals surface area contributed by atoms with Crippen LogP contribution in [0, 0.1) is 0 Å². The zero-order valence-electron chi connectivity index (χ0n) is 13.3. The van der Waals surface area contributed by atoms with Crippen molar-refractivity contribution < 1.29 is 4.74 Å². The van der Waals surface area contributed by atoms with E-state index >= 15 is 0 Å². The van der Waals surface area contributed by atoms with Crippen LogP contribution in [0.3, 0.4) is 0 Å². The van der Waals surface area contributed by atoms with Crippen LogP contribution in [0.1, 0.15) is 90.4 Å². The summed E-state index contributed by atoms with van der Waals surface area (Å²) in [4.78, 5) is 4.90. The van der Waals surface area contributed by atoms with Crippen molar-refractivity contribution in [2.45, 2.75) is 95.9 Å². The van der Waals surface area contributed by atoms with Crippen molar-refractivity contribution in [3.8, 4) is 0 Å². The molecule has 114 valence electrons. The van der Waals surface area contributed by atoms with Gasteiger partial charge in [0.1, 0.15) is 11.3 Å². The van der Waals surface area contributed by atoms with Crippen LogP contribution in [0.15, 0.2) is 17.3 Å².